The molecule has 8 nitrogen and oxygen atoms in total. The summed E-state index contributed by atoms with van der Waals surface area (Å²) in [7, 11) is -3.84. The molecule has 3 heterocycles. The number of sulfonamides is 1. The number of benzene rings is 2. The van der Waals surface area contributed by atoms with Crippen LogP contribution >= 0.6 is 0 Å². The summed E-state index contributed by atoms with van der Waals surface area (Å²) in [6.07, 6.45) is 5.20. The van der Waals surface area contributed by atoms with Gasteiger partial charge in [0.1, 0.15) is 4.90 Å². The molecule has 2 aromatic heterocycles. The number of rotatable bonds is 6. The highest BCUT2D eigenvalue weighted by Crippen LogP contribution is 2.23. The largest absolute Gasteiger partial charge is 0.336 e. The average molecular weight is 488 g/mol. The van der Waals surface area contributed by atoms with Crippen molar-refractivity contribution in [2.75, 3.05) is 30.9 Å². The number of nitrogens with one attached hydrogen (secondary N) is 1. The van der Waals surface area contributed by atoms with Gasteiger partial charge in [-0.25, -0.2) is 8.42 Å². The van der Waals surface area contributed by atoms with Crippen LogP contribution in [0.5, 0.6) is 0 Å². The second-order valence-electron chi connectivity index (χ2n) is 8.44. The molecule has 0 aliphatic carbocycles. The summed E-state index contributed by atoms with van der Waals surface area (Å²) in [5.41, 5.74) is 2.48. The van der Waals surface area contributed by atoms with E-state index in [1.807, 2.05) is 29.3 Å². The van der Waals surface area contributed by atoms with Crippen molar-refractivity contribution < 1.29 is 13.2 Å². The highest BCUT2D eigenvalue weighted by Gasteiger charge is 2.23. The fourth-order valence-electron chi connectivity index (χ4n) is 4.23. The Kier molecular flexibility index (Phi) is 6.43. The Morgan fingerprint density at radius 1 is 0.886 bits per heavy atom. The van der Waals surface area contributed by atoms with Crippen molar-refractivity contribution in [1.82, 2.24) is 19.8 Å². The summed E-state index contributed by atoms with van der Waals surface area (Å²) in [5.74, 6) is -0.0568. The average Bonchev–Trinajstić information content (AvgIpc) is 2.89. The zero-order valence-corrected chi connectivity index (χ0v) is 19.9. The number of carbonyl (C=O) groups is 1. The molecular formula is C26H25N5O3S. The molecule has 0 atom stereocenters. The number of anilines is 1. The molecule has 0 saturated carbocycles. The molecular weight excluding hydrogens is 462 g/mol. The lowest BCUT2D eigenvalue weighted by Gasteiger charge is -2.34. The third-order valence-electron chi connectivity index (χ3n) is 6.06. The van der Waals surface area contributed by atoms with E-state index in [1.54, 1.807) is 48.8 Å². The minimum absolute atomic E-state index is 0.0568. The first kappa shape index (κ1) is 22.9. The smallest absolute Gasteiger partial charge is 0.264 e. The lowest BCUT2D eigenvalue weighted by Crippen LogP contribution is -2.48. The Morgan fingerprint density at radius 3 is 2.37 bits per heavy atom. The van der Waals surface area contributed by atoms with E-state index in [0.29, 0.717) is 29.9 Å². The first-order valence-electron chi connectivity index (χ1n) is 11.4. The van der Waals surface area contributed by atoms with Crippen LogP contribution in [0.1, 0.15) is 15.9 Å². The SMILES string of the molecule is O=C(c1ccc(NS(=O)(=O)c2cccc3cccnc23)cc1)N1CCN(Cc2cccnc2)CC1. The van der Waals surface area contributed by atoms with Gasteiger partial charge in [-0.1, -0.05) is 24.3 Å². The zero-order valence-electron chi connectivity index (χ0n) is 19.0. The summed E-state index contributed by atoms with van der Waals surface area (Å²) in [6, 6.07) is 19.1. The Labute approximate surface area is 204 Å². The zero-order chi connectivity index (χ0) is 24.3. The lowest BCUT2D eigenvalue weighted by molar-refractivity contribution is 0.0628. The highest BCUT2D eigenvalue weighted by atomic mass is 32.2. The van der Waals surface area contributed by atoms with E-state index in [4.69, 9.17) is 0 Å². The molecule has 1 fully saturated rings. The molecule has 0 unspecified atom stereocenters. The van der Waals surface area contributed by atoms with Crippen LogP contribution in [0.3, 0.4) is 0 Å². The topological polar surface area (TPSA) is 95.5 Å². The predicted octanol–water partition coefficient (Wildman–Crippen LogP) is 3.39. The minimum Gasteiger partial charge on any atom is -0.336 e. The quantitative estimate of drug-likeness (QED) is 0.448. The maximum Gasteiger partial charge on any atom is 0.264 e. The summed E-state index contributed by atoms with van der Waals surface area (Å²) in [5, 5.41) is 0.747. The summed E-state index contributed by atoms with van der Waals surface area (Å²) < 4.78 is 28.6. The van der Waals surface area contributed by atoms with E-state index < -0.39 is 10.0 Å². The van der Waals surface area contributed by atoms with Crippen LogP contribution in [-0.4, -0.2) is 60.3 Å². The van der Waals surface area contributed by atoms with E-state index in [0.717, 1.165) is 30.6 Å². The predicted molar refractivity (Wildman–Crippen MR) is 134 cm³/mol. The third kappa shape index (κ3) is 5.16. The normalized spacial score (nSPS) is 14.7. The van der Waals surface area contributed by atoms with Gasteiger partial charge in [-0.05, 0) is 48.0 Å². The van der Waals surface area contributed by atoms with Gasteiger partial charge in [-0.3, -0.25) is 24.4 Å². The maximum atomic E-state index is 13.0. The molecule has 178 valence electrons. The molecule has 1 aliphatic rings. The Bertz CT molecular complexity index is 1430. The molecule has 9 heteroatoms. The fraction of sp³-hybridized carbons (Fsp3) is 0.192. The maximum absolute atomic E-state index is 13.0. The van der Waals surface area contributed by atoms with Crippen molar-refractivity contribution in [2.24, 2.45) is 0 Å². The van der Waals surface area contributed by atoms with Gasteiger partial charge in [0.2, 0.25) is 0 Å². The van der Waals surface area contributed by atoms with Gasteiger partial charge in [0, 0.05) is 68.0 Å². The van der Waals surface area contributed by atoms with Gasteiger partial charge < -0.3 is 4.90 Å². The fourth-order valence-corrected chi connectivity index (χ4v) is 5.46. The number of nitrogens with zero attached hydrogens (tertiary/aromatic N) is 4. The minimum atomic E-state index is -3.84. The van der Waals surface area contributed by atoms with Crippen molar-refractivity contribution >= 4 is 32.5 Å². The van der Waals surface area contributed by atoms with E-state index in [-0.39, 0.29) is 10.8 Å². The lowest BCUT2D eigenvalue weighted by atomic mass is 10.1. The van der Waals surface area contributed by atoms with Crippen molar-refractivity contribution in [3.63, 3.8) is 0 Å². The van der Waals surface area contributed by atoms with Gasteiger partial charge in [-0.15, -0.1) is 0 Å². The molecule has 0 radical (unpaired) electrons. The van der Waals surface area contributed by atoms with E-state index in [2.05, 4.69) is 25.7 Å². The van der Waals surface area contributed by atoms with Gasteiger partial charge in [0.25, 0.3) is 15.9 Å². The Morgan fingerprint density at radius 2 is 1.63 bits per heavy atom. The molecule has 1 saturated heterocycles. The summed E-state index contributed by atoms with van der Waals surface area (Å²) in [6.45, 7) is 3.68. The number of para-hydroxylation sites is 1. The van der Waals surface area contributed by atoms with Gasteiger partial charge in [-0.2, -0.15) is 0 Å². The molecule has 0 bridgehead atoms. The van der Waals surface area contributed by atoms with Crippen LogP contribution in [0.15, 0.2) is 90.2 Å². The number of amides is 1. The van der Waals surface area contributed by atoms with Crippen LogP contribution in [0.4, 0.5) is 5.69 Å². The standard InChI is InChI=1S/C26H25N5O3S/c32-26(31-16-14-30(15-17-31)19-20-4-2-12-27-18-20)22-8-10-23(11-9-22)29-35(33,34)24-7-1-5-21-6-3-13-28-25(21)24/h1-13,18,29H,14-17,19H2. The number of pyridine rings is 2. The molecule has 1 amide bonds. The first-order valence-corrected chi connectivity index (χ1v) is 12.9. The monoisotopic (exact) mass is 487 g/mol. The Balaban J connectivity index is 1.22. The molecule has 5 rings (SSSR count). The van der Waals surface area contributed by atoms with Crippen molar-refractivity contribution in [3.8, 4) is 0 Å². The summed E-state index contributed by atoms with van der Waals surface area (Å²) >= 11 is 0. The van der Waals surface area contributed by atoms with Crippen LogP contribution < -0.4 is 4.72 Å². The van der Waals surface area contributed by atoms with Crippen molar-refractivity contribution in [3.05, 3.63) is 96.4 Å². The summed E-state index contributed by atoms with van der Waals surface area (Å²) in [4.78, 5) is 25.6. The molecule has 0 spiro atoms. The molecule has 35 heavy (non-hydrogen) atoms. The van der Waals surface area contributed by atoms with Gasteiger partial charge in [0.05, 0.1) is 5.52 Å². The van der Waals surface area contributed by atoms with Crippen LogP contribution in [0.25, 0.3) is 10.9 Å². The van der Waals surface area contributed by atoms with E-state index in [1.165, 1.54) is 6.07 Å². The van der Waals surface area contributed by atoms with E-state index in [9.17, 15) is 13.2 Å². The van der Waals surface area contributed by atoms with Crippen LogP contribution in [0.2, 0.25) is 0 Å². The number of hydrogen-bond acceptors (Lipinski definition) is 6. The second kappa shape index (κ2) is 9.81. The third-order valence-corrected chi connectivity index (χ3v) is 7.47. The number of hydrogen-bond donors (Lipinski definition) is 1. The van der Waals surface area contributed by atoms with Crippen molar-refractivity contribution in [1.29, 1.82) is 0 Å². The van der Waals surface area contributed by atoms with Crippen molar-refractivity contribution in [2.45, 2.75) is 11.4 Å². The molecule has 4 aromatic rings. The number of carbonyl (C=O) groups excluding carboxylic acids is 1. The van der Waals surface area contributed by atoms with Crippen LogP contribution in [-0.2, 0) is 16.6 Å². The van der Waals surface area contributed by atoms with E-state index >= 15 is 0 Å². The number of fused-ring (bicyclic) bond motifs is 1. The number of piperazine rings is 1. The second-order valence-corrected chi connectivity index (χ2v) is 10.1. The highest BCUT2D eigenvalue weighted by molar-refractivity contribution is 7.93. The molecule has 1 aliphatic heterocycles. The van der Waals surface area contributed by atoms with Gasteiger partial charge in [0.15, 0.2) is 0 Å². The number of aromatic nitrogens is 2. The van der Waals surface area contributed by atoms with Gasteiger partial charge >= 0.3 is 0 Å². The molecule has 2 aromatic carbocycles. The first-order chi connectivity index (χ1) is 17.0. The van der Waals surface area contributed by atoms with Crippen LogP contribution in [0, 0.1) is 0 Å². The molecule has 1 N–H and O–H groups in total. The Hall–Kier alpha value is -3.82.